The molecule has 0 heterocycles. The Kier molecular flexibility index (Phi) is 7.64. The Hall–Kier alpha value is -1.79. The molecule has 116 valence electrons. The van der Waals surface area contributed by atoms with Gasteiger partial charge in [-0.05, 0) is 34.6 Å². The number of hydrogen-bond donors (Lipinski definition) is 2. The number of amides is 3. The maximum atomic E-state index is 12.2. The van der Waals surface area contributed by atoms with Gasteiger partial charge in [0, 0.05) is 18.6 Å². The maximum absolute atomic E-state index is 12.2. The Morgan fingerprint density at radius 3 is 2.00 bits per heavy atom. The van der Waals surface area contributed by atoms with Gasteiger partial charge in [0.05, 0.1) is 6.42 Å². The molecule has 3 N–H and O–H groups in total. The molecule has 0 aromatic rings. The van der Waals surface area contributed by atoms with Crippen LogP contribution < -0.4 is 11.1 Å². The van der Waals surface area contributed by atoms with Crippen LogP contribution in [0.3, 0.4) is 0 Å². The van der Waals surface area contributed by atoms with Crippen molar-refractivity contribution in [2.45, 2.75) is 59.2 Å². The van der Waals surface area contributed by atoms with Gasteiger partial charge in [-0.15, -0.1) is 0 Å². The zero-order valence-corrected chi connectivity index (χ0v) is 12.8. The minimum absolute atomic E-state index is 0.0239. The maximum Gasteiger partial charge on any atom is 0.312 e. The van der Waals surface area contributed by atoms with Crippen LogP contribution in [0.25, 0.3) is 0 Å². The van der Waals surface area contributed by atoms with E-state index in [1.807, 2.05) is 27.7 Å². The first kappa shape index (κ1) is 18.2. The topological polar surface area (TPSA) is 102 Å². The monoisotopic (exact) mass is 287 g/mol. The lowest BCUT2D eigenvalue weighted by Gasteiger charge is -2.32. The molecule has 1 atom stereocenters. The van der Waals surface area contributed by atoms with Crippen LogP contribution in [0.1, 0.15) is 41.0 Å². The summed E-state index contributed by atoms with van der Waals surface area (Å²) in [7, 11) is 0. The first-order valence-corrected chi connectivity index (χ1v) is 6.71. The summed E-state index contributed by atoms with van der Waals surface area (Å²) in [5.74, 6) is -0.779. The SMILES string of the molecule is CC(C)N(C(=O)[C@H](C)OC(=O)CCNC(N)=O)C(C)C. The molecule has 0 aromatic carbocycles. The van der Waals surface area contributed by atoms with Crippen molar-refractivity contribution in [3.63, 3.8) is 0 Å². The minimum atomic E-state index is -0.846. The first-order chi connectivity index (χ1) is 9.16. The summed E-state index contributed by atoms with van der Waals surface area (Å²) >= 11 is 0. The number of urea groups is 1. The summed E-state index contributed by atoms with van der Waals surface area (Å²) in [5, 5.41) is 2.28. The summed E-state index contributed by atoms with van der Waals surface area (Å²) in [6, 6.07) is -0.645. The largest absolute Gasteiger partial charge is 0.452 e. The van der Waals surface area contributed by atoms with E-state index < -0.39 is 18.1 Å². The first-order valence-electron chi connectivity index (χ1n) is 6.71. The molecular formula is C13H25N3O4. The molecule has 0 unspecified atom stereocenters. The van der Waals surface area contributed by atoms with E-state index in [2.05, 4.69) is 5.32 Å². The van der Waals surface area contributed by atoms with Crippen LogP contribution in [0.15, 0.2) is 0 Å². The molecule has 0 aliphatic heterocycles. The van der Waals surface area contributed by atoms with Crippen LogP contribution in [0, 0.1) is 0 Å². The highest BCUT2D eigenvalue weighted by Gasteiger charge is 2.27. The second-order valence-electron chi connectivity index (χ2n) is 5.11. The van der Waals surface area contributed by atoms with Gasteiger partial charge >= 0.3 is 12.0 Å². The smallest absolute Gasteiger partial charge is 0.312 e. The van der Waals surface area contributed by atoms with E-state index in [1.165, 1.54) is 0 Å². The molecule has 0 spiro atoms. The van der Waals surface area contributed by atoms with Crippen molar-refractivity contribution in [2.75, 3.05) is 6.54 Å². The number of nitrogens with one attached hydrogen (secondary N) is 1. The number of hydrogen-bond acceptors (Lipinski definition) is 4. The van der Waals surface area contributed by atoms with Crippen molar-refractivity contribution < 1.29 is 19.1 Å². The zero-order valence-electron chi connectivity index (χ0n) is 12.8. The number of carbonyl (C=O) groups is 3. The third-order valence-electron chi connectivity index (χ3n) is 2.65. The van der Waals surface area contributed by atoms with Crippen molar-refractivity contribution in [1.29, 1.82) is 0 Å². The van der Waals surface area contributed by atoms with Gasteiger partial charge in [-0.25, -0.2) is 4.79 Å². The predicted molar refractivity (Wildman–Crippen MR) is 74.9 cm³/mol. The van der Waals surface area contributed by atoms with E-state index in [4.69, 9.17) is 10.5 Å². The lowest BCUT2D eigenvalue weighted by atomic mass is 10.2. The Morgan fingerprint density at radius 2 is 1.60 bits per heavy atom. The number of carbonyl (C=O) groups excluding carboxylic acids is 3. The Labute approximate surface area is 119 Å². The average molecular weight is 287 g/mol. The van der Waals surface area contributed by atoms with Crippen LogP contribution in [0.5, 0.6) is 0 Å². The lowest BCUT2D eigenvalue weighted by molar-refractivity contribution is -0.160. The quantitative estimate of drug-likeness (QED) is 0.670. The Balaban J connectivity index is 4.37. The summed E-state index contributed by atoms with van der Waals surface area (Å²) in [6.45, 7) is 9.26. The Bertz CT molecular complexity index is 348. The third kappa shape index (κ3) is 6.40. The predicted octanol–water partition coefficient (Wildman–Crippen LogP) is 0.622. The van der Waals surface area contributed by atoms with E-state index in [0.29, 0.717) is 0 Å². The number of ether oxygens (including phenoxy) is 1. The molecule has 0 aliphatic carbocycles. The van der Waals surface area contributed by atoms with Crippen LogP contribution in [-0.2, 0) is 14.3 Å². The normalized spacial score (nSPS) is 12.2. The molecule has 20 heavy (non-hydrogen) atoms. The van der Waals surface area contributed by atoms with E-state index in [0.717, 1.165) is 0 Å². The average Bonchev–Trinajstić information content (AvgIpc) is 2.26. The third-order valence-corrected chi connectivity index (χ3v) is 2.65. The van der Waals surface area contributed by atoms with Crippen molar-refractivity contribution in [3.8, 4) is 0 Å². The number of primary amides is 1. The molecule has 0 radical (unpaired) electrons. The van der Waals surface area contributed by atoms with E-state index in [-0.39, 0.29) is 31.0 Å². The zero-order chi connectivity index (χ0) is 15.9. The minimum Gasteiger partial charge on any atom is -0.452 e. The van der Waals surface area contributed by atoms with E-state index in [1.54, 1.807) is 11.8 Å². The molecule has 0 aromatic heterocycles. The molecule has 0 rings (SSSR count). The molecule has 0 bridgehead atoms. The number of nitrogens with zero attached hydrogens (tertiary/aromatic N) is 1. The van der Waals surface area contributed by atoms with Crippen LogP contribution in [-0.4, -0.2) is 47.5 Å². The molecule has 3 amide bonds. The van der Waals surface area contributed by atoms with Gasteiger partial charge in [0.2, 0.25) is 0 Å². The van der Waals surface area contributed by atoms with Gasteiger partial charge in [0.15, 0.2) is 6.10 Å². The van der Waals surface area contributed by atoms with Crippen LogP contribution in [0.2, 0.25) is 0 Å². The summed E-state index contributed by atoms with van der Waals surface area (Å²) in [4.78, 5) is 35.8. The number of esters is 1. The molecular weight excluding hydrogens is 262 g/mol. The highest BCUT2D eigenvalue weighted by Crippen LogP contribution is 2.10. The summed E-state index contributed by atoms with van der Waals surface area (Å²) in [5.41, 5.74) is 4.87. The fourth-order valence-corrected chi connectivity index (χ4v) is 1.91. The highest BCUT2D eigenvalue weighted by molar-refractivity contribution is 5.84. The fraction of sp³-hybridized carbons (Fsp3) is 0.769. The van der Waals surface area contributed by atoms with Crippen molar-refractivity contribution in [1.82, 2.24) is 10.2 Å². The molecule has 0 fully saturated rings. The van der Waals surface area contributed by atoms with Gasteiger partial charge in [-0.2, -0.15) is 0 Å². The molecule has 7 heteroatoms. The standard InChI is InChI=1S/C13H25N3O4/c1-8(2)16(9(3)4)12(18)10(5)20-11(17)6-7-15-13(14)19/h8-10H,6-7H2,1-5H3,(H3,14,15,19)/t10-/m0/s1. The highest BCUT2D eigenvalue weighted by atomic mass is 16.5. The molecule has 0 saturated heterocycles. The van der Waals surface area contributed by atoms with Gasteiger partial charge in [-0.1, -0.05) is 0 Å². The van der Waals surface area contributed by atoms with Crippen LogP contribution >= 0.6 is 0 Å². The second-order valence-corrected chi connectivity index (χ2v) is 5.11. The molecule has 0 aliphatic rings. The van der Waals surface area contributed by atoms with Gasteiger partial charge in [0.1, 0.15) is 0 Å². The molecule has 0 saturated carbocycles. The number of rotatable bonds is 7. The number of nitrogens with two attached hydrogens (primary N) is 1. The van der Waals surface area contributed by atoms with E-state index in [9.17, 15) is 14.4 Å². The summed E-state index contributed by atoms with van der Waals surface area (Å²) in [6.07, 6.45) is -0.870. The van der Waals surface area contributed by atoms with Gasteiger partial charge < -0.3 is 20.7 Å². The van der Waals surface area contributed by atoms with Crippen molar-refractivity contribution in [2.24, 2.45) is 5.73 Å². The lowest BCUT2D eigenvalue weighted by Crippen LogP contribution is -2.47. The van der Waals surface area contributed by atoms with E-state index >= 15 is 0 Å². The summed E-state index contributed by atoms with van der Waals surface area (Å²) < 4.78 is 5.05. The van der Waals surface area contributed by atoms with Gasteiger partial charge in [0.25, 0.3) is 5.91 Å². The Morgan fingerprint density at radius 1 is 1.10 bits per heavy atom. The van der Waals surface area contributed by atoms with Crippen molar-refractivity contribution >= 4 is 17.9 Å². The molecule has 7 nitrogen and oxygen atoms in total. The van der Waals surface area contributed by atoms with Crippen molar-refractivity contribution in [3.05, 3.63) is 0 Å². The second kappa shape index (κ2) is 8.39. The van der Waals surface area contributed by atoms with Crippen LogP contribution in [0.4, 0.5) is 4.79 Å². The van der Waals surface area contributed by atoms with Gasteiger partial charge in [-0.3, -0.25) is 9.59 Å². The fourth-order valence-electron chi connectivity index (χ4n) is 1.91.